The second-order valence-electron chi connectivity index (χ2n) is 8.17. The lowest BCUT2D eigenvalue weighted by atomic mass is 9.49. The normalized spacial score (nSPS) is 41.0. The number of benzene rings is 1. The van der Waals surface area contributed by atoms with E-state index in [2.05, 4.69) is 45.1 Å². The summed E-state index contributed by atoms with van der Waals surface area (Å²) < 4.78 is 0.247. The molecule has 122 valence electrons. The van der Waals surface area contributed by atoms with Gasteiger partial charge in [0, 0.05) is 21.5 Å². The summed E-state index contributed by atoms with van der Waals surface area (Å²) in [4.78, 5) is 17.0. The molecule has 4 saturated carbocycles. The van der Waals surface area contributed by atoms with Crippen molar-refractivity contribution in [1.82, 2.24) is 0 Å². The van der Waals surface area contributed by atoms with Gasteiger partial charge in [-0.05, 0) is 62.5 Å². The third-order valence-corrected chi connectivity index (χ3v) is 8.39. The molecule has 1 aromatic rings. The summed E-state index contributed by atoms with van der Waals surface area (Å²) in [7, 11) is 0. The van der Waals surface area contributed by atoms with E-state index >= 15 is 0 Å². The fraction of sp³-hybridized carbons (Fsp3) is 0.632. The highest BCUT2D eigenvalue weighted by Gasteiger charge is 2.60. The number of halogens is 1. The first-order valence-corrected chi connectivity index (χ1v) is 10.6. The lowest BCUT2D eigenvalue weighted by molar-refractivity contribution is -0.141. The van der Waals surface area contributed by atoms with E-state index in [1.54, 1.807) is 0 Å². The lowest BCUT2D eigenvalue weighted by Crippen LogP contribution is -2.59. The molecule has 23 heavy (non-hydrogen) atoms. The summed E-state index contributed by atoms with van der Waals surface area (Å²) >= 11 is 5.92. The van der Waals surface area contributed by atoms with E-state index in [0.717, 1.165) is 49.1 Å². The molecule has 0 N–H and O–H groups in total. The van der Waals surface area contributed by atoms with Crippen LogP contribution >= 0.6 is 27.7 Å². The summed E-state index contributed by atoms with van der Waals surface area (Å²) in [6.07, 6.45) is 7.23. The van der Waals surface area contributed by atoms with E-state index in [1.807, 2.05) is 11.8 Å². The zero-order valence-electron chi connectivity index (χ0n) is 13.3. The summed E-state index contributed by atoms with van der Waals surface area (Å²) in [5.74, 6) is 2.96. The molecule has 1 heterocycles. The molecular weight excluding hydrogens is 370 g/mol. The Balaban J connectivity index is 1.52. The van der Waals surface area contributed by atoms with Gasteiger partial charge in [-0.25, -0.2) is 0 Å². The van der Waals surface area contributed by atoms with Crippen molar-refractivity contribution >= 4 is 39.3 Å². The van der Waals surface area contributed by atoms with Gasteiger partial charge in [-0.2, -0.15) is 0 Å². The number of alkyl halides is 1. The van der Waals surface area contributed by atoms with E-state index in [1.165, 1.54) is 24.2 Å². The zero-order valence-corrected chi connectivity index (χ0v) is 15.7. The van der Waals surface area contributed by atoms with Gasteiger partial charge >= 0.3 is 0 Å². The summed E-state index contributed by atoms with van der Waals surface area (Å²) in [5.41, 5.74) is 1.05. The van der Waals surface area contributed by atoms with Gasteiger partial charge in [0.05, 0.1) is 11.1 Å². The topological polar surface area (TPSA) is 20.3 Å². The number of nitrogens with zero attached hydrogens (tertiary/aromatic N) is 1. The number of hydrogen-bond donors (Lipinski definition) is 0. The van der Waals surface area contributed by atoms with Crippen LogP contribution in [0.4, 0.5) is 5.69 Å². The van der Waals surface area contributed by atoms with E-state index in [4.69, 9.17) is 0 Å². The van der Waals surface area contributed by atoms with Crippen LogP contribution in [0, 0.1) is 17.3 Å². The number of thioether (sulfide) groups is 1. The highest BCUT2D eigenvalue weighted by molar-refractivity contribution is 9.10. The molecule has 4 bridgehead atoms. The molecule has 6 rings (SSSR count). The van der Waals surface area contributed by atoms with Crippen LogP contribution in [0.1, 0.15) is 38.5 Å². The van der Waals surface area contributed by atoms with Crippen LogP contribution < -0.4 is 4.90 Å². The van der Waals surface area contributed by atoms with Crippen molar-refractivity contribution in [3.63, 3.8) is 0 Å². The quantitative estimate of drug-likeness (QED) is 0.637. The second kappa shape index (κ2) is 5.01. The maximum absolute atomic E-state index is 13.7. The monoisotopic (exact) mass is 391 g/mol. The molecular formula is C19H22BrNOS. The van der Waals surface area contributed by atoms with Gasteiger partial charge in [0.1, 0.15) is 0 Å². The van der Waals surface area contributed by atoms with Crippen molar-refractivity contribution < 1.29 is 4.79 Å². The van der Waals surface area contributed by atoms with Gasteiger partial charge < -0.3 is 4.90 Å². The highest BCUT2D eigenvalue weighted by Crippen LogP contribution is 2.65. The van der Waals surface area contributed by atoms with Crippen LogP contribution in [0.3, 0.4) is 0 Å². The molecule has 0 aromatic heterocycles. The highest BCUT2D eigenvalue weighted by atomic mass is 79.9. The van der Waals surface area contributed by atoms with Crippen LogP contribution in [-0.4, -0.2) is 22.5 Å². The van der Waals surface area contributed by atoms with Crippen molar-refractivity contribution in [3.8, 4) is 0 Å². The molecule has 4 heteroatoms. The number of carbonyl (C=O) groups excluding carboxylic acids is 1. The molecule has 1 amide bonds. The number of para-hydroxylation sites is 1. The van der Waals surface area contributed by atoms with Crippen molar-refractivity contribution in [2.75, 3.05) is 17.2 Å². The smallest absolute Gasteiger partial charge is 0.233 e. The van der Waals surface area contributed by atoms with Gasteiger partial charge in [0.2, 0.25) is 5.91 Å². The minimum Gasteiger partial charge on any atom is -0.310 e. The minimum atomic E-state index is -0.0945. The zero-order chi connectivity index (χ0) is 15.7. The summed E-state index contributed by atoms with van der Waals surface area (Å²) in [6.45, 7) is 0.868. The Bertz CT molecular complexity index is 661. The third-order valence-electron chi connectivity index (χ3n) is 6.42. The average molecular weight is 392 g/mol. The molecule has 5 aliphatic rings. The van der Waals surface area contributed by atoms with Crippen LogP contribution in [0.25, 0.3) is 0 Å². The Hall–Kier alpha value is -0.480. The SMILES string of the molecule is O=C(N1CCSc2ccccc21)C12CC3CC(CC(Br)(C3)C1)C2. The van der Waals surface area contributed by atoms with Crippen LogP contribution in [0.2, 0.25) is 0 Å². The number of amides is 1. The number of hydrogen-bond acceptors (Lipinski definition) is 2. The fourth-order valence-corrected chi connectivity index (χ4v) is 8.51. The molecule has 0 saturated heterocycles. The van der Waals surface area contributed by atoms with E-state index in [9.17, 15) is 4.79 Å². The van der Waals surface area contributed by atoms with Crippen molar-refractivity contribution in [2.45, 2.75) is 47.7 Å². The van der Waals surface area contributed by atoms with Crippen molar-refractivity contribution in [3.05, 3.63) is 24.3 Å². The van der Waals surface area contributed by atoms with Crippen LogP contribution in [0.5, 0.6) is 0 Å². The number of anilines is 1. The summed E-state index contributed by atoms with van der Waals surface area (Å²) in [5, 5.41) is 0. The number of rotatable bonds is 1. The van der Waals surface area contributed by atoms with Gasteiger partial charge in [0.25, 0.3) is 0 Å². The standard InChI is InChI=1S/C19H22BrNOS/c20-19-10-13-7-14(11-19)9-18(8-13,12-19)17(22)21-5-6-23-16-4-2-1-3-15(16)21/h1-4,13-14H,5-12H2. The first kappa shape index (κ1) is 14.8. The molecule has 0 radical (unpaired) electrons. The Labute approximate surface area is 150 Å². The maximum Gasteiger partial charge on any atom is 0.233 e. The predicted molar refractivity (Wildman–Crippen MR) is 98.3 cm³/mol. The minimum absolute atomic E-state index is 0.0945. The summed E-state index contributed by atoms with van der Waals surface area (Å²) in [6, 6.07) is 8.43. The lowest BCUT2D eigenvalue weighted by Gasteiger charge is -2.60. The van der Waals surface area contributed by atoms with E-state index in [0.29, 0.717) is 5.91 Å². The average Bonchev–Trinajstić information content (AvgIpc) is 2.51. The van der Waals surface area contributed by atoms with E-state index < -0.39 is 0 Å². The van der Waals surface area contributed by atoms with E-state index in [-0.39, 0.29) is 9.74 Å². The molecule has 2 nitrogen and oxygen atoms in total. The van der Waals surface area contributed by atoms with Crippen molar-refractivity contribution in [2.24, 2.45) is 17.3 Å². The molecule has 2 atom stereocenters. The molecule has 2 unspecified atom stereocenters. The van der Waals surface area contributed by atoms with Gasteiger partial charge in [-0.15, -0.1) is 11.8 Å². The van der Waals surface area contributed by atoms with Gasteiger partial charge in [-0.1, -0.05) is 28.1 Å². The third kappa shape index (κ3) is 2.24. The Morgan fingerprint density at radius 2 is 1.91 bits per heavy atom. The Kier molecular flexibility index (Phi) is 3.23. The first-order valence-electron chi connectivity index (χ1n) is 8.80. The molecule has 4 fully saturated rings. The van der Waals surface area contributed by atoms with Crippen molar-refractivity contribution in [1.29, 1.82) is 0 Å². The second-order valence-corrected chi connectivity index (χ2v) is 11.0. The molecule has 0 spiro atoms. The molecule has 1 aliphatic heterocycles. The number of fused-ring (bicyclic) bond motifs is 1. The largest absolute Gasteiger partial charge is 0.310 e. The Morgan fingerprint density at radius 3 is 2.65 bits per heavy atom. The predicted octanol–water partition coefficient (Wildman–Crippen LogP) is 4.86. The van der Waals surface area contributed by atoms with Gasteiger partial charge in [-0.3, -0.25) is 4.79 Å². The van der Waals surface area contributed by atoms with Crippen LogP contribution in [0.15, 0.2) is 29.2 Å². The maximum atomic E-state index is 13.7. The van der Waals surface area contributed by atoms with Gasteiger partial charge in [0.15, 0.2) is 0 Å². The molecule has 1 aromatic carbocycles. The molecule has 4 aliphatic carbocycles. The van der Waals surface area contributed by atoms with Crippen LogP contribution in [-0.2, 0) is 4.79 Å². The Morgan fingerprint density at radius 1 is 1.17 bits per heavy atom. The first-order chi connectivity index (χ1) is 11.1. The fourth-order valence-electron chi connectivity index (χ4n) is 6.07. The number of carbonyl (C=O) groups is 1.